The molecule has 0 unspecified atom stereocenters. The number of hydrogen-bond acceptors (Lipinski definition) is 3. The summed E-state index contributed by atoms with van der Waals surface area (Å²) >= 11 is 0. The highest BCUT2D eigenvalue weighted by Crippen LogP contribution is 1.95. The Hall–Kier alpha value is -0.540. The molecule has 0 aliphatic heterocycles. The SMILES string of the molecule is CC/C=C(\CC)NCNOC. The Balaban J connectivity index is 3.44. The van der Waals surface area contributed by atoms with E-state index in [0.29, 0.717) is 6.67 Å². The fourth-order valence-corrected chi connectivity index (χ4v) is 0.810. The average molecular weight is 158 g/mol. The van der Waals surface area contributed by atoms with E-state index < -0.39 is 0 Å². The second-order valence-electron chi connectivity index (χ2n) is 2.19. The number of nitrogens with one attached hydrogen (secondary N) is 2. The van der Waals surface area contributed by atoms with E-state index in [9.17, 15) is 0 Å². The Kier molecular flexibility index (Phi) is 7.19. The summed E-state index contributed by atoms with van der Waals surface area (Å²) in [6.45, 7) is 4.92. The van der Waals surface area contributed by atoms with Crippen molar-refractivity contribution < 1.29 is 4.84 Å². The van der Waals surface area contributed by atoms with Crippen molar-refractivity contribution in [1.29, 1.82) is 0 Å². The van der Waals surface area contributed by atoms with Crippen molar-refractivity contribution in [2.45, 2.75) is 26.7 Å². The number of rotatable bonds is 6. The Morgan fingerprint density at radius 1 is 1.45 bits per heavy atom. The van der Waals surface area contributed by atoms with E-state index in [1.807, 2.05) is 0 Å². The molecule has 0 amide bonds. The van der Waals surface area contributed by atoms with Crippen LogP contribution in [0.1, 0.15) is 26.7 Å². The Labute approximate surface area is 68.8 Å². The van der Waals surface area contributed by atoms with Crippen LogP contribution in [0.4, 0.5) is 0 Å². The van der Waals surface area contributed by atoms with Gasteiger partial charge in [-0.05, 0) is 12.8 Å². The van der Waals surface area contributed by atoms with E-state index in [4.69, 9.17) is 0 Å². The molecule has 0 bridgehead atoms. The number of hydroxylamine groups is 1. The standard InChI is InChI=1S/C8H18N2O/c1-4-6-8(5-2)9-7-10-11-3/h6,9-10H,4-5,7H2,1-3H3/b8-6+. The van der Waals surface area contributed by atoms with Crippen molar-refractivity contribution in [3.05, 3.63) is 11.8 Å². The third kappa shape index (κ3) is 5.88. The lowest BCUT2D eigenvalue weighted by Gasteiger charge is -2.08. The highest BCUT2D eigenvalue weighted by Gasteiger charge is 1.89. The summed E-state index contributed by atoms with van der Waals surface area (Å²) in [5, 5.41) is 3.20. The second kappa shape index (κ2) is 7.57. The normalized spacial score (nSPS) is 11.7. The van der Waals surface area contributed by atoms with E-state index in [1.165, 1.54) is 5.70 Å². The van der Waals surface area contributed by atoms with Crippen LogP contribution in [0.5, 0.6) is 0 Å². The molecule has 2 N–H and O–H groups in total. The molecule has 0 heterocycles. The molecule has 3 heteroatoms. The highest BCUT2D eigenvalue weighted by molar-refractivity contribution is 4.97. The topological polar surface area (TPSA) is 33.3 Å². The fourth-order valence-electron chi connectivity index (χ4n) is 0.810. The van der Waals surface area contributed by atoms with E-state index in [2.05, 4.69) is 35.6 Å². The summed E-state index contributed by atoms with van der Waals surface area (Å²) < 4.78 is 0. The zero-order chi connectivity index (χ0) is 8.53. The predicted octanol–water partition coefficient (Wildman–Crippen LogP) is 1.39. The second-order valence-corrected chi connectivity index (χ2v) is 2.19. The van der Waals surface area contributed by atoms with Crippen LogP contribution in [0.2, 0.25) is 0 Å². The zero-order valence-electron chi connectivity index (χ0n) is 7.61. The lowest BCUT2D eigenvalue weighted by Crippen LogP contribution is -2.27. The van der Waals surface area contributed by atoms with Gasteiger partial charge in [0.25, 0.3) is 0 Å². The van der Waals surface area contributed by atoms with Crippen molar-refractivity contribution in [1.82, 2.24) is 10.8 Å². The summed E-state index contributed by atoms with van der Waals surface area (Å²) in [6.07, 6.45) is 4.29. The van der Waals surface area contributed by atoms with Gasteiger partial charge in [-0.1, -0.05) is 19.9 Å². The van der Waals surface area contributed by atoms with Crippen LogP contribution in [-0.4, -0.2) is 13.8 Å². The van der Waals surface area contributed by atoms with E-state index in [-0.39, 0.29) is 0 Å². The van der Waals surface area contributed by atoms with Gasteiger partial charge in [-0.2, -0.15) is 5.48 Å². The van der Waals surface area contributed by atoms with Gasteiger partial charge in [-0.3, -0.25) is 0 Å². The largest absolute Gasteiger partial charge is 0.374 e. The van der Waals surface area contributed by atoms with Crippen molar-refractivity contribution in [3.63, 3.8) is 0 Å². The molecule has 0 aromatic heterocycles. The van der Waals surface area contributed by atoms with Crippen LogP contribution in [0, 0.1) is 0 Å². The average Bonchev–Trinajstić information content (AvgIpc) is 2.03. The molecule has 0 aromatic rings. The minimum Gasteiger partial charge on any atom is -0.374 e. The maximum Gasteiger partial charge on any atom is 0.0886 e. The van der Waals surface area contributed by atoms with Gasteiger partial charge in [-0.15, -0.1) is 0 Å². The maximum absolute atomic E-state index is 4.68. The first kappa shape index (κ1) is 10.5. The van der Waals surface area contributed by atoms with Gasteiger partial charge in [0.1, 0.15) is 0 Å². The first-order valence-corrected chi connectivity index (χ1v) is 4.03. The van der Waals surface area contributed by atoms with Gasteiger partial charge in [0, 0.05) is 5.70 Å². The van der Waals surface area contributed by atoms with Crippen LogP contribution in [0.25, 0.3) is 0 Å². The van der Waals surface area contributed by atoms with Crippen LogP contribution in [0.3, 0.4) is 0 Å². The summed E-state index contributed by atoms with van der Waals surface area (Å²) in [6, 6.07) is 0. The summed E-state index contributed by atoms with van der Waals surface area (Å²) in [4.78, 5) is 4.68. The number of allylic oxidation sites excluding steroid dienone is 2. The quantitative estimate of drug-likeness (QED) is 0.348. The molecule has 11 heavy (non-hydrogen) atoms. The van der Waals surface area contributed by atoms with Gasteiger partial charge < -0.3 is 10.2 Å². The summed E-state index contributed by atoms with van der Waals surface area (Å²) in [5.74, 6) is 0. The van der Waals surface area contributed by atoms with Crippen molar-refractivity contribution >= 4 is 0 Å². The first-order valence-electron chi connectivity index (χ1n) is 4.03. The summed E-state index contributed by atoms with van der Waals surface area (Å²) in [7, 11) is 1.61. The molecule has 66 valence electrons. The molecule has 0 fully saturated rings. The molecule has 0 spiro atoms. The molecular weight excluding hydrogens is 140 g/mol. The van der Waals surface area contributed by atoms with Crippen molar-refractivity contribution in [3.8, 4) is 0 Å². The third-order valence-electron chi connectivity index (χ3n) is 1.36. The molecular formula is C8H18N2O. The van der Waals surface area contributed by atoms with Crippen LogP contribution >= 0.6 is 0 Å². The van der Waals surface area contributed by atoms with Crippen LogP contribution in [-0.2, 0) is 4.84 Å². The zero-order valence-corrected chi connectivity index (χ0v) is 7.61. The van der Waals surface area contributed by atoms with Gasteiger partial charge in [-0.25, -0.2) is 0 Å². The Bertz CT molecular complexity index is 113. The van der Waals surface area contributed by atoms with Crippen LogP contribution in [0.15, 0.2) is 11.8 Å². The molecule has 0 radical (unpaired) electrons. The molecule has 0 atom stereocenters. The Morgan fingerprint density at radius 2 is 2.18 bits per heavy atom. The monoisotopic (exact) mass is 158 g/mol. The Morgan fingerprint density at radius 3 is 2.64 bits per heavy atom. The molecule has 0 saturated heterocycles. The first-order chi connectivity index (χ1) is 5.35. The molecule has 3 nitrogen and oxygen atoms in total. The molecule has 0 rings (SSSR count). The van der Waals surface area contributed by atoms with Gasteiger partial charge in [0.05, 0.1) is 13.8 Å². The summed E-state index contributed by atoms with van der Waals surface area (Å²) in [5.41, 5.74) is 3.98. The number of hydrogen-bond donors (Lipinski definition) is 2. The lowest BCUT2D eigenvalue weighted by atomic mass is 10.3. The third-order valence-corrected chi connectivity index (χ3v) is 1.36. The molecule has 0 aromatic carbocycles. The minimum absolute atomic E-state index is 0.663. The molecule has 0 aliphatic rings. The maximum atomic E-state index is 4.68. The van der Waals surface area contributed by atoms with E-state index in [0.717, 1.165) is 12.8 Å². The fraction of sp³-hybridized carbons (Fsp3) is 0.750. The molecule has 0 aliphatic carbocycles. The lowest BCUT2D eigenvalue weighted by molar-refractivity contribution is 0.0878. The predicted molar refractivity (Wildman–Crippen MR) is 46.8 cm³/mol. The highest BCUT2D eigenvalue weighted by atomic mass is 16.6. The van der Waals surface area contributed by atoms with Gasteiger partial charge in [0.15, 0.2) is 0 Å². The molecule has 0 saturated carbocycles. The van der Waals surface area contributed by atoms with E-state index >= 15 is 0 Å². The van der Waals surface area contributed by atoms with Gasteiger partial charge >= 0.3 is 0 Å². The minimum atomic E-state index is 0.663. The van der Waals surface area contributed by atoms with Crippen LogP contribution < -0.4 is 10.8 Å². The van der Waals surface area contributed by atoms with E-state index in [1.54, 1.807) is 7.11 Å². The van der Waals surface area contributed by atoms with Crippen molar-refractivity contribution in [2.24, 2.45) is 0 Å². The van der Waals surface area contributed by atoms with Crippen molar-refractivity contribution in [2.75, 3.05) is 13.8 Å². The smallest absolute Gasteiger partial charge is 0.0886 e. The van der Waals surface area contributed by atoms with Gasteiger partial charge in [0.2, 0.25) is 0 Å².